The van der Waals surface area contributed by atoms with Crippen LogP contribution in [0.3, 0.4) is 0 Å². The van der Waals surface area contributed by atoms with Gasteiger partial charge >= 0.3 is 0 Å². The largest absolute Gasteiger partial charge is 0.496 e. The van der Waals surface area contributed by atoms with Gasteiger partial charge in [0.15, 0.2) is 6.61 Å². The highest BCUT2D eigenvalue weighted by Crippen LogP contribution is 2.27. The zero-order valence-electron chi connectivity index (χ0n) is 15.9. The van der Waals surface area contributed by atoms with Gasteiger partial charge in [0.2, 0.25) is 11.7 Å². The third-order valence-corrected chi connectivity index (χ3v) is 3.99. The minimum absolute atomic E-state index is 0.146. The summed E-state index contributed by atoms with van der Waals surface area (Å²) in [5, 5.41) is 3.95. The zero-order valence-corrected chi connectivity index (χ0v) is 15.9. The number of amides is 1. The van der Waals surface area contributed by atoms with Crippen molar-refractivity contribution in [3.05, 3.63) is 54.4 Å². The molecule has 146 valence electrons. The van der Waals surface area contributed by atoms with E-state index in [-0.39, 0.29) is 19.1 Å². The van der Waals surface area contributed by atoms with Crippen molar-refractivity contribution in [1.29, 1.82) is 0 Å². The van der Waals surface area contributed by atoms with Crippen LogP contribution in [-0.4, -0.2) is 48.8 Å². The Bertz CT molecular complexity index is 904. The average Bonchev–Trinajstić information content (AvgIpc) is 3.20. The van der Waals surface area contributed by atoms with Crippen LogP contribution in [0.15, 0.2) is 53.1 Å². The lowest BCUT2D eigenvalue weighted by molar-refractivity contribution is -0.132. The molecule has 2 aromatic carbocycles. The van der Waals surface area contributed by atoms with Gasteiger partial charge in [0.25, 0.3) is 5.91 Å². The van der Waals surface area contributed by atoms with E-state index in [0.717, 1.165) is 5.56 Å². The predicted molar refractivity (Wildman–Crippen MR) is 101 cm³/mol. The molecule has 8 nitrogen and oxygen atoms in total. The van der Waals surface area contributed by atoms with Gasteiger partial charge in [0.1, 0.15) is 17.2 Å². The number of methoxy groups -OCH3 is 2. The molecule has 28 heavy (non-hydrogen) atoms. The Kier molecular flexibility index (Phi) is 6.11. The molecule has 8 heteroatoms. The highest BCUT2D eigenvalue weighted by Gasteiger charge is 2.15. The third kappa shape index (κ3) is 4.79. The van der Waals surface area contributed by atoms with E-state index in [1.54, 1.807) is 39.5 Å². The molecule has 0 atom stereocenters. The number of benzene rings is 2. The SMILES string of the molecule is COc1cc(OC)cc(OCC(=O)N(C)Cc2nc(-c3ccccc3)no2)c1. The first-order valence-corrected chi connectivity index (χ1v) is 8.57. The van der Waals surface area contributed by atoms with Crippen molar-refractivity contribution in [3.8, 4) is 28.6 Å². The molecule has 3 aromatic rings. The Morgan fingerprint density at radius 3 is 2.32 bits per heavy atom. The Hall–Kier alpha value is -3.55. The molecule has 0 aliphatic heterocycles. The molecule has 0 bridgehead atoms. The number of hydrogen-bond acceptors (Lipinski definition) is 7. The van der Waals surface area contributed by atoms with Gasteiger partial charge in [-0.25, -0.2) is 0 Å². The number of carbonyl (C=O) groups is 1. The minimum Gasteiger partial charge on any atom is -0.496 e. The van der Waals surface area contributed by atoms with Gasteiger partial charge in [-0.15, -0.1) is 0 Å². The summed E-state index contributed by atoms with van der Waals surface area (Å²) in [6.45, 7) is 0.0377. The summed E-state index contributed by atoms with van der Waals surface area (Å²) < 4.78 is 21.2. The lowest BCUT2D eigenvalue weighted by atomic mass is 10.2. The van der Waals surface area contributed by atoms with Crippen LogP contribution in [0.1, 0.15) is 5.89 Å². The van der Waals surface area contributed by atoms with E-state index in [4.69, 9.17) is 18.7 Å². The molecular weight excluding hydrogens is 362 g/mol. The zero-order chi connectivity index (χ0) is 19.9. The fraction of sp³-hybridized carbons (Fsp3) is 0.250. The van der Waals surface area contributed by atoms with E-state index in [2.05, 4.69) is 10.1 Å². The summed E-state index contributed by atoms with van der Waals surface area (Å²) in [4.78, 5) is 18.1. The van der Waals surface area contributed by atoms with Crippen molar-refractivity contribution < 1.29 is 23.5 Å². The first kappa shape index (κ1) is 19.2. The van der Waals surface area contributed by atoms with Gasteiger partial charge in [-0.1, -0.05) is 35.5 Å². The van der Waals surface area contributed by atoms with Crippen molar-refractivity contribution in [2.45, 2.75) is 6.54 Å². The predicted octanol–water partition coefficient (Wildman–Crippen LogP) is 2.79. The number of nitrogens with zero attached hydrogens (tertiary/aromatic N) is 3. The molecule has 0 unspecified atom stereocenters. The highest BCUT2D eigenvalue weighted by molar-refractivity contribution is 5.77. The average molecular weight is 383 g/mol. The van der Waals surface area contributed by atoms with E-state index in [9.17, 15) is 4.79 Å². The summed E-state index contributed by atoms with van der Waals surface area (Å²) in [5.41, 5.74) is 0.849. The highest BCUT2D eigenvalue weighted by atomic mass is 16.5. The quantitative estimate of drug-likeness (QED) is 0.591. The second-order valence-corrected chi connectivity index (χ2v) is 5.96. The topological polar surface area (TPSA) is 86.9 Å². The van der Waals surface area contributed by atoms with Crippen molar-refractivity contribution in [3.63, 3.8) is 0 Å². The lowest BCUT2D eigenvalue weighted by Gasteiger charge is -2.15. The molecule has 0 radical (unpaired) electrons. The minimum atomic E-state index is -0.235. The van der Waals surface area contributed by atoms with Crippen molar-refractivity contribution in [1.82, 2.24) is 15.0 Å². The maximum absolute atomic E-state index is 12.4. The van der Waals surface area contributed by atoms with Gasteiger partial charge in [-0.3, -0.25) is 4.79 Å². The van der Waals surface area contributed by atoms with Crippen LogP contribution >= 0.6 is 0 Å². The molecule has 1 aromatic heterocycles. The molecule has 3 rings (SSSR count). The molecule has 0 aliphatic carbocycles. The Morgan fingerprint density at radius 1 is 1.04 bits per heavy atom. The van der Waals surface area contributed by atoms with Crippen LogP contribution < -0.4 is 14.2 Å². The van der Waals surface area contributed by atoms with Crippen molar-refractivity contribution in [2.75, 3.05) is 27.9 Å². The van der Waals surface area contributed by atoms with Crippen molar-refractivity contribution >= 4 is 5.91 Å². The van der Waals surface area contributed by atoms with Crippen LogP contribution in [0.4, 0.5) is 0 Å². The molecule has 0 saturated carbocycles. The van der Waals surface area contributed by atoms with Gasteiger partial charge in [-0.2, -0.15) is 4.98 Å². The van der Waals surface area contributed by atoms with Crippen LogP contribution in [0, 0.1) is 0 Å². The first-order chi connectivity index (χ1) is 13.6. The maximum atomic E-state index is 12.4. The van der Waals surface area contributed by atoms with Crippen LogP contribution in [-0.2, 0) is 11.3 Å². The van der Waals surface area contributed by atoms with E-state index < -0.39 is 0 Å². The maximum Gasteiger partial charge on any atom is 0.260 e. The van der Waals surface area contributed by atoms with Crippen LogP contribution in [0.2, 0.25) is 0 Å². The molecule has 0 aliphatic rings. The lowest BCUT2D eigenvalue weighted by Crippen LogP contribution is -2.31. The fourth-order valence-corrected chi connectivity index (χ4v) is 2.43. The van der Waals surface area contributed by atoms with E-state index in [1.165, 1.54) is 4.90 Å². The van der Waals surface area contributed by atoms with Crippen LogP contribution in [0.5, 0.6) is 17.2 Å². The van der Waals surface area contributed by atoms with Gasteiger partial charge < -0.3 is 23.6 Å². The summed E-state index contributed by atoms with van der Waals surface area (Å²) in [6.07, 6.45) is 0. The fourth-order valence-electron chi connectivity index (χ4n) is 2.43. The van der Waals surface area contributed by atoms with E-state index >= 15 is 0 Å². The summed E-state index contributed by atoms with van der Waals surface area (Å²) in [5.74, 6) is 2.22. The molecule has 0 fully saturated rings. The summed E-state index contributed by atoms with van der Waals surface area (Å²) >= 11 is 0. The molecule has 0 N–H and O–H groups in total. The summed E-state index contributed by atoms with van der Waals surface area (Å²) in [7, 11) is 4.74. The van der Waals surface area contributed by atoms with Crippen molar-refractivity contribution in [2.24, 2.45) is 0 Å². The van der Waals surface area contributed by atoms with Gasteiger partial charge in [0.05, 0.1) is 20.8 Å². The Morgan fingerprint density at radius 2 is 1.68 bits per heavy atom. The molecule has 0 saturated heterocycles. The van der Waals surface area contributed by atoms with E-state index in [0.29, 0.717) is 29.0 Å². The monoisotopic (exact) mass is 383 g/mol. The van der Waals surface area contributed by atoms with E-state index in [1.807, 2.05) is 30.3 Å². The number of hydrogen-bond donors (Lipinski definition) is 0. The number of likely N-dealkylation sites (N-methyl/N-ethyl adjacent to an activating group) is 1. The second-order valence-electron chi connectivity index (χ2n) is 5.96. The standard InChI is InChI=1S/C20H21N3O5/c1-23(12-18-21-20(22-28-18)14-7-5-4-6-8-14)19(24)13-27-17-10-15(25-2)9-16(11-17)26-3/h4-11H,12-13H2,1-3H3. The van der Waals surface area contributed by atoms with Gasteiger partial charge in [0, 0.05) is 30.8 Å². The Labute approximate surface area is 162 Å². The summed E-state index contributed by atoms with van der Waals surface area (Å²) in [6, 6.07) is 14.6. The second kappa shape index (κ2) is 8.90. The van der Waals surface area contributed by atoms with Gasteiger partial charge in [-0.05, 0) is 0 Å². The first-order valence-electron chi connectivity index (χ1n) is 8.57. The Balaban J connectivity index is 1.57. The third-order valence-electron chi connectivity index (χ3n) is 3.99. The number of ether oxygens (including phenoxy) is 3. The number of aromatic nitrogens is 2. The van der Waals surface area contributed by atoms with Crippen LogP contribution in [0.25, 0.3) is 11.4 Å². The number of rotatable bonds is 8. The molecule has 1 heterocycles. The normalized spacial score (nSPS) is 10.4. The number of carbonyl (C=O) groups excluding carboxylic acids is 1. The molecule has 0 spiro atoms. The molecular formula is C20H21N3O5. The molecule has 1 amide bonds. The smallest absolute Gasteiger partial charge is 0.260 e.